The molecule has 10 heavy (non-hydrogen) atoms. The molecule has 0 rings (SSSR count). The van der Waals surface area contributed by atoms with Crippen LogP contribution in [0.5, 0.6) is 0 Å². The van der Waals surface area contributed by atoms with Crippen LogP contribution in [0.3, 0.4) is 0 Å². The zero-order valence-electron chi connectivity index (χ0n) is 8.02. The molecule has 0 amide bonds. The summed E-state index contributed by atoms with van der Waals surface area (Å²) in [6.45, 7) is 9.16. The van der Waals surface area contributed by atoms with Gasteiger partial charge in [0.15, 0.2) is 0 Å². The normalized spacial score (nSPS) is 17.7. The van der Waals surface area contributed by atoms with E-state index in [1.807, 2.05) is 0 Å². The third-order valence-electron chi connectivity index (χ3n) is 2.57. The first-order valence-corrected chi connectivity index (χ1v) is 5.24. The fourth-order valence-corrected chi connectivity index (χ4v) is 1.74. The molecule has 0 radical (unpaired) electrons. The first kappa shape index (κ1) is 10.2. The molecule has 62 valence electrons. The molecule has 0 saturated carbocycles. The second-order valence-corrected chi connectivity index (χ2v) is 4.21. The molecule has 0 heterocycles. The summed E-state index contributed by atoms with van der Waals surface area (Å²) in [4.78, 5) is 0. The molecule has 0 unspecified atom stereocenters. The van der Waals surface area contributed by atoms with E-state index in [4.69, 9.17) is 0 Å². The molecule has 0 fully saturated rings. The van der Waals surface area contributed by atoms with Crippen molar-refractivity contribution in [3.8, 4) is 0 Å². The van der Waals surface area contributed by atoms with E-state index in [9.17, 15) is 0 Å². The van der Waals surface area contributed by atoms with Gasteiger partial charge in [0.1, 0.15) is 0 Å². The first-order valence-electron chi connectivity index (χ1n) is 4.35. The maximum atomic E-state index is 2.58. The van der Waals surface area contributed by atoms with Crippen molar-refractivity contribution >= 4 is 10.4 Å². The average molecular weight is 159 g/mol. The molecule has 0 aliphatic rings. The van der Waals surface area contributed by atoms with E-state index >= 15 is 0 Å². The highest BCUT2D eigenvalue weighted by molar-refractivity contribution is 6.04. The van der Waals surface area contributed by atoms with Gasteiger partial charge < -0.3 is 4.57 Å². The van der Waals surface area contributed by atoms with Crippen molar-refractivity contribution in [3.63, 3.8) is 0 Å². The van der Waals surface area contributed by atoms with Gasteiger partial charge in [-0.15, -0.1) is 0 Å². The van der Waals surface area contributed by atoms with Gasteiger partial charge in [-0.25, -0.2) is 0 Å². The quantitative estimate of drug-likeness (QED) is 0.557. The summed E-state index contributed by atoms with van der Waals surface area (Å²) in [5, 5.41) is 0. The van der Waals surface area contributed by atoms with Crippen molar-refractivity contribution in [2.24, 2.45) is 0 Å². The lowest BCUT2D eigenvalue weighted by molar-refractivity contribution is 0.275. The Hall–Kier alpha value is 0.177. The Morgan fingerprint density at radius 1 is 1.10 bits per heavy atom. The Bertz CT molecular complexity index is 75.3. The molecule has 0 bridgehead atoms. The van der Waals surface area contributed by atoms with E-state index in [1.54, 1.807) is 0 Å². The van der Waals surface area contributed by atoms with Gasteiger partial charge >= 0.3 is 0 Å². The molecular weight excluding hydrogens is 138 g/mol. The van der Waals surface area contributed by atoms with Crippen molar-refractivity contribution in [3.05, 3.63) is 0 Å². The third kappa shape index (κ3) is 2.84. The van der Waals surface area contributed by atoms with Crippen LogP contribution >= 0.6 is 0 Å². The highest BCUT2D eigenvalue weighted by Crippen LogP contribution is 2.06. The van der Waals surface area contributed by atoms with Crippen LogP contribution in [-0.2, 0) is 0 Å². The van der Waals surface area contributed by atoms with E-state index in [2.05, 4.69) is 32.3 Å². The molecule has 1 nitrogen and oxygen atoms in total. The van der Waals surface area contributed by atoms with Crippen LogP contribution in [-0.4, -0.2) is 27.1 Å². The van der Waals surface area contributed by atoms with Gasteiger partial charge in [0.25, 0.3) is 0 Å². The number of nitrogens with zero attached hydrogens (tertiary/aromatic N) is 1. The van der Waals surface area contributed by atoms with Gasteiger partial charge in [0, 0.05) is 0 Å². The van der Waals surface area contributed by atoms with Crippen molar-refractivity contribution in [1.82, 2.24) is 4.57 Å². The van der Waals surface area contributed by atoms with Gasteiger partial charge in [0.05, 0.1) is 10.4 Å². The summed E-state index contributed by atoms with van der Waals surface area (Å²) in [6, 6.07) is 1.59. The Morgan fingerprint density at radius 2 is 1.40 bits per heavy atom. The standard InChI is InChI=1S/C8H21NSi/c1-5-7(3)9(10)8(4)6-2/h7-8H,5-6H2,1-4,10H3/t7-,8-/m0/s1. The van der Waals surface area contributed by atoms with Gasteiger partial charge in [-0.3, -0.25) is 0 Å². The lowest BCUT2D eigenvalue weighted by Crippen LogP contribution is -2.37. The summed E-state index contributed by atoms with van der Waals surface area (Å²) >= 11 is 0. The summed E-state index contributed by atoms with van der Waals surface area (Å²) in [5.74, 6) is 0. The van der Waals surface area contributed by atoms with Gasteiger partial charge in [-0.1, -0.05) is 27.7 Å². The van der Waals surface area contributed by atoms with Crippen LogP contribution in [0.15, 0.2) is 0 Å². The fraction of sp³-hybridized carbons (Fsp3) is 1.00. The monoisotopic (exact) mass is 159 g/mol. The Balaban J connectivity index is 3.69. The Kier molecular flexibility index (Phi) is 5.00. The van der Waals surface area contributed by atoms with Crippen LogP contribution in [0.4, 0.5) is 0 Å². The van der Waals surface area contributed by atoms with Crippen molar-refractivity contribution in [2.45, 2.75) is 52.6 Å². The topological polar surface area (TPSA) is 3.24 Å². The minimum atomic E-state index is 0.793. The van der Waals surface area contributed by atoms with E-state index in [1.165, 1.54) is 23.2 Å². The molecule has 0 aliphatic heterocycles. The molecular formula is C8H21NSi. The molecule has 0 aromatic heterocycles. The third-order valence-corrected chi connectivity index (χ3v) is 4.34. The summed E-state index contributed by atoms with van der Waals surface area (Å²) < 4.78 is 2.58. The number of hydrogen-bond donors (Lipinski definition) is 0. The fourth-order valence-electron chi connectivity index (χ4n) is 1.01. The lowest BCUT2D eigenvalue weighted by Gasteiger charge is -2.29. The van der Waals surface area contributed by atoms with Gasteiger partial charge in [0.2, 0.25) is 0 Å². The van der Waals surface area contributed by atoms with Crippen molar-refractivity contribution < 1.29 is 0 Å². The smallest absolute Gasteiger partial charge is 0.0791 e. The maximum absolute atomic E-state index is 2.58. The first-order chi connectivity index (χ1) is 4.63. The minimum Gasteiger partial charge on any atom is -0.327 e. The summed E-state index contributed by atoms with van der Waals surface area (Å²) in [5.41, 5.74) is 0. The van der Waals surface area contributed by atoms with Crippen molar-refractivity contribution in [2.75, 3.05) is 0 Å². The number of rotatable bonds is 4. The van der Waals surface area contributed by atoms with Crippen LogP contribution in [0, 0.1) is 0 Å². The predicted molar refractivity (Wildman–Crippen MR) is 51.3 cm³/mol. The molecule has 0 aromatic carbocycles. The zero-order chi connectivity index (χ0) is 8.15. The van der Waals surface area contributed by atoms with E-state index in [0.29, 0.717) is 0 Å². The summed E-state index contributed by atoms with van der Waals surface area (Å²) in [6.07, 6.45) is 2.57. The van der Waals surface area contributed by atoms with E-state index < -0.39 is 0 Å². The Morgan fingerprint density at radius 3 is 1.60 bits per heavy atom. The molecule has 0 aromatic rings. The molecule has 2 atom stereocenters. The van der Waals surface area contributed by atoms with Crippen LogP contribution in [0.25, 0.3) is 0 Å². The average Bonchev–Trinajstić information content (AvgIpc) is 2.00. The molecule has 2 heteroatoms. The van der Waals surface area contributed by atoms with Crippen LogP contribution < -0.4 is 0 Å². The molecule has 0 spiro atoms. The summed E-state index contributed by atoms with van der Waals surface area (Å²) in [7, 11) is 1.21. The number of hydrogen-bond acceptors (Lipinski definition) is 1. The van der Waals surface area contributed by atoms with Crippen LogP contribution in [0.2, 0.25) is 0 Å². The van der Waals surface area contributed by atoms with Gasteiger partial charge in [-0.05, 0) is 24.9 Å². The lowest BCUT2D eigenvalue weighted by atomic mass is 10.2. The Labute approximate surface area is 68.3 Å². The zero-order valence-corrected chi connectivity index (χ0v) is 10.0. The second kappa shape index (κ2) is 4.91. The van der Waals surface area contributed by atoms with Crippen LogP contribution in [0.1, 0.15) is 40.5 Å². The minimum absolute atomic E-state index is 0.793. The SMILES string of the molecule is CC[C@H](C)N([SiH3])[C@@H](C)CC. The molecule has 0 aliphatic carbocycles. The largest absolute Gasteiger partial charge is 0.327 e. The molecule has 0 saturated heterocycles. The van der Waals surface area contributed by atoms with E-state index in [-0.39, 0.29) is 0 Å². The maximum Gasteiger partial charge on any atom is 0.0791 e. The second-order valence-electron chi connectivity index (χ2n) is 3.18. The van der Waals surface area contributed by atoms with E-state index in [0.717, 1.165) is 12.1 Å². The molecule has 0 N–H and O–H groups in total. The van der Waals surface area contributed by atoms with Crippen molar-refractivity contribution in [1.29, 1.82) is 0 Å². The highest BCUT2D eigenvalue weighted by atomic mass is 28.2. The highest BCUT2D eigenvalue weighted by Gasteiger charge is 2.10. The van der Waals surface area contributed by atoms with Gasteiger partial charge in [-0.2, -0.15) is 0 Å². The predicted octanol–water partition coefficient (Wildman–Crippen LogP) is 1.17.